The van der Waals surface area contributed by atoms with E-state index < -0.39 is 9.84 Å². The van der Waals surface area contributed by atoms with Gasteiger partial charge < -0.3 is 15.4 Å². The summed E-state index contributed by atoms with van der Waals surface area (Å²) in [6.07, 6.45) is 7.01. The number of ether oxygens (including phenoxy) is 1. The molecular weight excluding hydrogens is 388 g/mol. The van der Waals surface area contributed by atoms with Gasteiger partial charge >= 0.3 is 0 Å². The van der Waals surface area contributed by atoms with Gasteiger partial charge in [-0.05, 0) is 31.0 Å². The summed E-state index contributed by atoms with van der Waals surface area (Å²) in [6, 6.07) is 4.59. The molecule has 0 aliphatic heterocycles. The zero-order valence-electron chi connectivity index (χ0n) is 15.4. The van der Waals surface area contributed by atoms with Gasteiger partial charge in [-0.2, -0.15) is 4.98 Å². The Morgan fingerprint density at radius 1 is 1.26 bits per heavy atom. The highest BCUT2D eigenvalue weighted by molar-refractivity contribution is 7.91. The number of anilines is 2. The van der Waals surface area contributed by atoms with Crippen molar-refractivity contribution >= 4 is 33.2 Å². The van der Waals surface area contributed by atoms with E-state index in [2.05, 4.69) is 9.97 Å². The van der Waals surface area contributed by atoms with Crippen molar-refractivity contribution in [1.29, 1.82) is 0 Å². The minimum absolute atomic E-state index is 0.0111. The third kappa shape index (κ3) is 3.96. The normalized spacial score (nSPS) is 15.5. The summed E-state index contributed by atoms with van der Waals surface area (Å²) in [5, 5.41) is 0.201. The fourth-order valence-corrected chi connectivity index (χ4v) is 4.93. The average molecular weight is 411 g/mol. The van der Waals surface area contributed by atoms with Crippen LogP contribution in [0.15, 0.2) is 34.2 Å². The van der Waals surface area contributed by atoms with Crippen LogP contribution in [0.3, 0.4) is 0 Å². The quantitative estimate of drug-likeness (QED) is 0.807. The molecule has 0 atom stereocenters. The molecule has 1 heterocycles. The van der Waals surface area contributed by atoms with Crippen LogP contribution in [-0.4, -0.2) is 38.6 Å². The van der Waals surface area contributed by atoms with Gasteiger partial charge in [-0.3, -0.25) is 0 Å². The molecule has 0 unspecified atom stereocenters. The van der Waals surface area contributed by atoms with Crippen molar-refractivity contribution < 1.29 is 13.2 Å². The van der Waals surface area contributed by atoms with Crippen LogP contribution >= 0.6 is 11.6 Å². The highest BCUT2D eigenvalue weighted by atomic mass is 35.5. The standard InChI is InChI=1S/C18H23ClN4O3S/c1-23(12-6-4-3-5-7-12)18-21-11-16(17(20)22-18)27(24,25)13-8-9-15(26-2)14(19)10-13/h8-12H,3-7H2,1-2H3,(H2,20,21,22). The number of nitrogens with zero attached hydrogens (tertiary/aromatic N) is 3. The molecule has 1 aliphatic carbocycles. The van der Waals surface area contributed by atoms with Crippen LogP contribution in [0.25, 0.3) is 0 Å². The van der Waals surface area contributed by atoms with E-state index in [1.54, 1.807) is 0 Å². The van der Waals surface area contributed by atoms with E-state index in [-0.39, 0.29) is 20.6 Å². The molecule has 0 amide bonds. The first kappa shape index (κ1) is 19.7. The Kier molecular flexibility index (Phi) is 5.76. The van der Waals surface area contributed by atoms with Crippen LogP contribution in [-0.2, 0) is 9.84 Å². The molecular formula is C18H23ClN4O3S. The monoisotopic (exact) mass is 410 g/mol. The summed E-state index contributed by atoms with van der Waals surface area (Å²) in [5.74, 6) is 0.755. The van der Waals surface area contributed by atoms with Crippen LogP contribution in [0.1, 0.15) is 32.1 Å². The van der Waals surface area contributed by atoms with Crippen molar-refractivity contribution in [3.63, 3.8) is 0 Å². The molecule has 1 aromatic carbocycles. The lowest BCUT2D eigenvalue weighted by atomic mass is 9.95. The van der Waals surface area contributed by atoms with Gasteiger partial charge in [0.25, 0.3) is 0 Å². The Hall–Kier alpha value is -2.06. The van der Waals surface area contributed by atoms with Crippen molar-refractivity contribution in [2.45, 2.75) is 47.9 Å². The predicted octanol–water partition coefficient (Wildman–Crippen LogP) is 3.32. The first-order valence-electron chi connectivity index (χ1n) is 8.78. The van der Waals surface area contributed by atoms with Gasteiger partial charge in [-0.25, -0.2) is 13.4 Å². The number of halogens is 1. The summed E-state index contributed by atoms with van der Waals surface area (Å²) >= 11 is 6.06. The van der Waals surface area contributed by atoms with Gasteiger partial charge in [0.2, 0.25) is 15.8 Å². The molecule has 1 aliphatic rings. The summed E-state index contributed by atoms with van der Waals surface area (Å²) in [7, 11) is -0.513. The zero-order valence-corrected chi connectivity index (χ0v) is 16.9. The lowest BCUT2D eigenvalue weighted by Crippen LogP contribution is -2.34. The number of benzene rings is 1. The predicted molar refractivity (Wildman–Crippen MR) is 105 cm³/mol. The second-order valence-electron chi connectivity index (χ2n) is 6.62. The molecule has 0 spiro atoms. The van der Waals surface area contributed by atoms with Crippen LogP contribution in [0.5, 0.6) is 5.75 Å². The molecule has 2 N–H and O–H groups in total. The van der Waals surface area contributed by atoms with Gasteiger partial charge in [-0.1, -0.05) is 30.9 Å². The first-order chi connectivity index (χ1) is 12.8. The number of rotatable bonds is 5. The number of hydrogen-bond donors (Lipinski definition) is 1. The van der Waals surface area contributed by atoms with Gasteiger partial charge in [0, 0.05) is 13.1 Å². The molecule has 3 rings (SSSR count). The number of nitrogens with two attached hydrogens (primary N) is 1. The molecule has 1 aromatic heterocycles. The zero-order chi connectivity index (χ0) is 19.6. The SMILES string of the molecule is COc1ccc(S(=O)(=O)c2cnc(N(C)C3CCCCC3)nc2N)cc1Cl. The second-order valence-corrected chi connectivity index (χ2v) is 8.95. The topological polar surface area (TPSA) is 98.4 Å². The van der Waals surface area contributed by atoms with E-state index in [1.165, 1.54) is 50.8 Å². The Bertz CT molecular complexity index is 930. The molecule has 2 aromatic rings. The molecule has 7 nitrogen and oxygen atoms in total. The molecule has 1 fully saturated rings. The van der Waals surface area contributed by atoms with Crippen LogP contribution in [0.4, 0.5) is 11.8 Å². The first-order valence-corrected chi connectivity index (χ1v) is 10.6. The molecule has 146 valence electrons. The Labute approximate surface area is 164 Å². The van der Waals surface area contributed by atoms with Gasteiger partial charge in [0.1, 0.15) is 16.5 Å². The van der Waals surface area contributed by atoms with Crippen molar-refractivity contribution in [3.8, 4) is 5.75 Å². The van der Waals surface area contributed by atoms with E-state index in [0.29, 0.717) is 17.7 Å². The van der Waals surface area contributed by atoms with Crippen molar-refractivity contribution in [1.82, 2.24) is 9.97 Å². The number of sulfone groups is 1. The molecule has 9 heteroatoms. The molecule has 0 saturated heterocycles. The summed E-state index contributed by atoms with van der Waals surface area (Å²) in [5.41, 5.74) is 5.99. The van der Waals surface area contributed by atoms with Crippen LogP contribution in [0.2, 0.25) is 5.02 Å². The third-order valence-electron chi connectivity index (χ3n) is 4.93. The fraction of sp³-hybridized carbons (Fsp3) is 0.444. The van der Waals surface area contributed by atoms with Crippen molar-refractivity contribution in [2.75, 3.05) is 24.8 Å². The van der Waals surface area contributed by atoms with Crippen molar-refractivity contribution in [3.05, 3.63) is 29.4 Å². The highest BCUT2D eigenvalue weighted by Crippen LogP contribution is 2.32. The lowest BCUT2D eigenvalue weighted by Gasteiger charge is -2.31. The number of nitrogen functional groups attached to an aromatic ring is 1. The largest absolute Gasteiger partial charge is 0.495 e. The van der Waals surface area contributed by atoms with E-state index in [0.717, 1.165) is 12.8 Å². The Morgan fingerprint density at radius 3 is 2.56 bits per heavy atom. The van der Waals surface area contributed by atoms with Crippen LogP contribution in [0, 0.1) is 0 Å². The number of aromatic nitrogens is 2. The maximum absolute atomic E-state index is 12.9. The minimum atomic E-state index is -3.89. The van der Waals surface area contributed by atoms with Gasteiger partial charge in [0.05, 0.1) is 23.2 Å². The minimum Gasteiger partial charge on any atom is -0.495 e. The average Bonchev–Trinajstić information content (AvgIpc) is 2.67. The molecule has 0 radical (unpaired) electrons. The molecule has 1 saturated carbocycles. The summed E-state index contributed by atoms with van der Waals surface area (Å²) in [6.45, 7) is 0. The highest BCUT2D eigenvalue weighted by Gasteiger charge is 2.26. The van der Waals surface area contributed by atoms with Crippen molar-refractivity contribution in [2.24, 2.45) is 0 Å². The van der Waals surface area contributed by atoms with E-state index in [1.807, 2.05) is 11.9 Å². The Morgan fingerprint density at radius 2 is 1.96 bits per heavy atom. The molecule has 0 bridgehead atoms. The third-order valence-corrected chi connectivity index (χ3v) is 6.99. The van der Waals surface area contributed by atoms with Gasteiger partial charge in [0.15, 0.2) is 0 Å². The van der Waals surface area contributed by atoms with E-state index in [4.69, 9.17) is 22.1 Å². The molecule has 27 heavy (non-hydrogen) atoms. The lowest BCUT2D eigenvalue weighted by molar-refractivity contribution is 0.414. The smallest absolute Gasteiger partial charge is 0.227 e. The number of hydrogen-bond acceptors (Lipinski definition) is 7. The maximum Gasteiger partial charge on any atom is 0.227 e. The van der Waals surface area contributed by atoms with Crippen LogP contribution < -0.4 is 15.4 Å². The van der Waals surface area contributed by atoms with E-state index in [9.17, 15) is 8.42 Å². The van der Waals surface area contributed by atoms with E-state index >= 15 is 0 Å². The fourth-order valence-electron chi connectivity index (χ4n) is 3.32. The second kappa shape index (κ2) is 7.90. The Balaban J connectivity index is 1.91. The number of methoxy groups -OCH3 is 1. The van der Waals surface area contributed by atoms with Gasteiger partial charge in [-0.15, -0.1) is 0 Å². The summed E-state index contributed by atoms with van der Waals surface area (Å²) < 4.78 is 30.9. The maximum atomic E-state index is 12.9. The summed E-state index contributed by atoms with van der Waals surface area (Å²) in [4.78, 5) is 10.4.